The zero-order chi connectivity index (χ0) is 13.3. The minimum Gasteiger partial charge on any atom is -0.368 e. The second kappa shape index (κ2) is 5.70. The first-order chi connectivity index (χ1) is 9.22. The molecule has 0 bridgehead atoms. The van der Waals surface area contributed by atoms with Crippen molar-refractivity contribution in [2.24, 2.45) is 0 Å². The monoisotopic (exact) mass is 315 g/mol. The van der Waals surface area contributed by atoms with Crippen LogP contribution in [-0.2, 0) is 6.42 Å². The fourth-order valence-electron chi connectivity index (χ4n) is 2.87. The van der Waals surface area contributed by atoms with Crippen LogP contribution >= 0.6 is 35.1 Å². The molecular weight excluding hydrogens is 298 g/mol. The maximum absolute atomic E-state index is 6.02. The number of nitrogens with one attached hydrogen (secondary N) is 1. The van der Waals surface area contributed by atoms with E-state index in [0.717, 1.165) is 30.2 Å². The number of nitrogens with zero attached hydrogens (tertiary/aromatic N) is 2. The zero-order valence-electron chi connectivity index (χ0n) is 11.0. The first-order valence-electron chi connectivity index (χ1n) is 6.71. The first kappa shape index (κ1) is 13.8. The van der Waals surface area contributed by atoms with Crippen LogP contribution in [0.3, 0.4) is 0 Å². The summed E-state index contributed by atoms with van der Waals surface area (Å²) >= 11 is 9.85. The van der Waals surface area contributed by atoms with Crippen LogP contribution < -0.4 is 5.32 Å². The summed E-state index contributed by atoms with van der Waals surface area (Å²) in [6, 6.07) is 0. The molecule has 0 aromatic carbocycles. The molecule has 0 spiro atoms. The Labute approximate surface area is 127 Å². The van der Waals surface area contributed by atoms with Crippen molar-refractivity contribution in [2.75, 3.05) is 23.9 Å². The average molecular weight is 316 g/mol. The third-order valence-electron chi connectivity index (χ3n) is 4.02. The molecule has 1 aromatic rings. The summed E-state index contributed by atoms with van der Waals surface area (Å²) in [5.41, 5.74) is 1.11. The summed E-state index contributed by atoms with van der Waals surface area (Å²) in [6.45, 7) is 0.981. The van der Waals surface area contributed by atoms with Gasteiger partial charge in [0.1, 0.15) is 5.82 Å². The summed E-state index contributed by atoms with van der Waals surface area (Å²) in [5.74, 6) is 2.03. The Morgan fingerprint density at radius 1 is 1.37 bits per heavy atom. The third-order valence-corrected chi connectivity index (χ3v) is 6.73. The van der Waals surface area contributed by atoms with E-state index in [1.807, 2.05) is 23.5 Å². The highest BCUT2D eigenvalue weighted by Crippen LogP contribution is 2.41. The van der Waals surface area contributed by atoms with Crippen molar-refractivity contribution in [1.29, 1.82) is 0 Å². The lowest BCUT2D eigenvalue weighted by atomic mass is 10.1. The summed E-state index contributed by atoms with van der Waals surface area (Å²) in [7, 11) is 0. The van der Waals surface area contributed by atoms with Gasteiger partial charge in [-0.25, -0.2) is 4.98 Å². The molecule has 2 heterocycles. The minimum atomic E-state index is 0.369. The number of hydrogen-bond acceptors (Lipinski definition) is 5. The molecule has 1 saturated carbocycles. The van der Waals surface area contributed by atoms with Crippen LogP contribution in [0.4, 0.5) is 5.82 Å². The van der Waals surface area contributed by atoms with Crippen LogP contribution in [0.2, 0.25) is 5.28 Å². The van der Waals surface area contributed by atoms with Crippen molar-refractivity contribution >= 4 is 40.9 Å². The quantitative estimate of drug-likeness (QED) is 0.854. The van der Waals surface area contributed by atoms with E-state index in [9.17, 15) is 0 Å². The average Bonchev–Trinajstić information content (AvgIpc) is 3.05. The fraction of sp³-hybridized carbons (Fsp3) is 0.692. The summed E-state index contributed by atoms with van der Waals surface area (Å²) in [6.07, 6.45) is 8.52. The van der Waals surface area contributed by atoms with Crippen LogP contribution in [0.5, 0.6) is 0 Å². The number of anilines is 1. The third kappa shape index (κ3) is 2.83. The van der Waals surface area contributed by atoms with E-state index in [4.69, 9.17) is 11.6 Å². The predicted octanol–water partition coefficient (Wildman–Crippen LogP) is 3.87. The Kier molecular flexibility index (Phi) is 4.15. The molecule has 1 aliphatic heterocycles. The number of aromatic nitrogens is 2. The fourth-order valence-corrected chi connectivity index (χ4v) is 5.04. The molecule has 0 radical (unpaired) electrons. The highest BCUT2D eigenvalue weighted by Gasteiger charge is 2.33. The van der Waals surface area contributed by atoms with E-state index in [0.29, 0.717) is 10.0 Å². The Bertz CT molecular complexity index is 475. The molecule has 2 aliphatic rings. The van der Waals surface area contributed by atoms with Gasteiger partial charge in [-0.2, -0.15) is 16.7 Å². The molecule has 0 unspecified atom stereocenters. The predicted molar refractivity (Wildman–Crippen MR) is 84.7 cm³/mol. The van der Waals surface area contributed by atoms with Gasteiger partial charge in [-0.3, -0.25) is 0 Å². The molecule has 1 aliphatic carbocycles. The Balaban J connectivity index is 1.77. The molecule has 3 nitrogen and oxygen atoms in total. The van der Waals surface area contributed by atoms with Gasteiger partial charge in [0.05, 0.1) is 10.6 Å². The van der Waals surface area contributed by atoms with Crippen LogP contribution in [0.1, 0.15) is 31.4 Å². The van der Waals surface area contributed by atoms with Gasteiger partial charge < -0.3 is 5.32 Å². The summed E-state index contributed by atoms with van der Waals surface area (Å²) in [4.78, 5) is 9.91. The molecule has 6 heteroatoms. The van der Waals surface area contributed by atoms with E-state index in [1.54, 1.807) is 0 Å². The van der Waals surface area contributed by atoms with Crippen LogP contribution in [0.15, 0.2) is 4.90 Å². The van der Waals surface area contributed by atoms with Crippen LogP contribution in [-0.4, -0.2) is 33.3 Å². The van der Waals surface area contributed by atoms with Crippen molar-refractivity contribution in [3.8, 4) is 0 Å². The van der Waals surface area contributed by atoms with Crippen molar-refractivity contribution < 1.29 is 0 Å². The number of fused-ring (bicyclic) bond motifs is 1. The number of hydrogen-bond donors (Lipinski definition) is 1. The van der Waals surface area contributed by atoms with Crippen LogP contribution in [0.25, 0.3) is 0 Å². The van der Waals surface area contributed by atoms with Gasteiger partial charge in [0.15, 0.2) is 0 Å². The van der Waals surface area contributed by atoms with Crippen molar-refractivity contribution in [1.82, 2.24) is 9.97 Å². The topological polar surface area (TPSA) is 37.8 Å². The van der Waals surface area contributed by atoms with E-state index in [-0.39, 0.29) is 0 Å². The zero-order valence-corrected chi connectivity index (χ0v) is 13.4. The Morgan fingerprint density at radius 3 is 2.89 bits per heavy atom. The molecule has 0 amide bonds. The standard InChI is InChI=1S/C13H18ClN3S2/c1-18-13(5-2-3-6-13)8-15-11-10-9(4-7-19-10)16-12(14)17-11/h2-8H2,1H3,(H,15,16,17). The second-order valence-electron chi connectivity index (χ2n) is 5.16. The SMILES string of the molecule is CSC1(CNc2nc(Cl)nc3c2SCC3)CCCC1. The largest absolute Gasteiger partial charge is 0.368 e. The van der Waals surface area contributed by atoms with E-state index in [1.165, 1.54) is 30.6 Å². The molecule has 1 N–H and O–H groups in total. The lowest BCUT2D eigenvalue weighted by Gasteiger charge is -2.27. The number of thioether (sulfide) groups is 2. The lowest BCUT2D eigenvalue weighted by molar-refractivity contribution is 0.637. The Hall–Kier alpha value is -0.130. The molecule has 1 fully saturated rings. The van der Waals surface area contributed by atoms with E-state index in [2.05, 4.69) is 21.5 Å². The van der Waals surface area contributed by atoms with Gasteiger partial charge in [0.2, 0.25) is 5.28 Å². The van der Waals surface area contributed by atoms with Crippen LogP contribution in [0, 0.1) is 0 Å². The van der Waals surface area contributed by atoms with Crippen molar-refractivity contribution in [3.63, 3.8) is 0 Å². The Morgan fingerprint density at radius 2 is 2.16 bits per heavy atom. The normalized spacial score (nSPS) is 20.5. The highest BCUT2D eigenvalue weighted by molar-refractivity contribution is 8.00. The molecule has 0 atom stereocenters. The van der Waals surface area contributed by atoms with E-state index >= 15 is 0 Å². The van der Waals surface area contributed by atoms with Gasteiger partial charge in [-0.05, 0) is 30.7 Å². The summed E-state index contributed by atoms with van der Waals surface area (Å²) < 4.78 is 0.383. The molecular formula is C13H18ClN3S2. The van der Waals surface area contributed by atoms with E-state index < -0.39 is 0 Å². The second-order valence-corrected chi connectivity index (χ2v) is 7.88. The summed E-state index contributed by atoms with van der Waals surface area (Å²) in [5, 5.41) is 3.91. The van der Waals surface area contributed by atoms with Crippen molar-refractivity contribution in [2.45, 2.75) is 41.7 Å². The van der Waals surface area contributed by atoms with Crippen molar-refractivity contribution in [3.05, 3.63) is 11.0 Å². The molecule has 0 saturated heterocycles. The minimum absolute atomic E-state index is 0.369. The number of halogens is 1. The van der Waals surface area contributed by atoms with Gasteiger partial charge >= 0.3 is 0 Å². The van der Waals surface area contributed by atoms with Gasteiger partial charge in [0, 0.05) is 23.5 Å². The molecule has 1 aromatic heterocycles. The maximum atomic E-state index is 6.02. The molecule has 19 heavy (non-hydrogen) atoms. The number of rotatable bonds is 4. The molecule has 3 rings (SSSR count). The van der Waals surface area contributed by atoms with Gasteiger partial charge in [-0.1, -0.05) is 12.8 Å². The highest BCUT2D eigenvalue weighted by atomic mass is 35.5. The van der Waals surface area contributed by atoms with Gasteiger partial charge in [-0.15, -0.1) is 11.8 Å². The van der Waals surface area contributed by atoms with Gasteiger partial charge in [0.25, 0.3) is 0 Å². The lowest BCUT2D eigenvalue weighted by Crippen LogP contribution is -2.30. The number of aryl methyl sites for hydroxylation is 1. The molecule has 104 valence electrons. The first-order valence-corrected chi connectivity index (χ1v) is 9.29. The maximum Gasteiger partial charge on any atom is 0.224 e. The smallest absolute Gasteiger partial charge is 0.224 e.